The van der Waals surface area contributed by atoms with E-state index in [2.05, 4.69) is 4.98 Å². The molecule has 1 aromatic heterocycles. The second-order valence-electron chi connectivity index (χ2n) is 5.73. The molecule has 3 rings (SSSR count). The van der Waals surface area contributed by atoms with E-state index in [9.17, 15) is 18.0 Å². The summed E-state index contributed by atoms with van der Waals surface area (Å²) in [6.45, 7) is 3.45. The molecule has 0 unspecified atom stereocenters. The van der Waals surface area contributed by atoms with Gasteiger partial charge >= 0.3 is 6.18 Å². The zero-order valence-corrected chi connectivity index (χ0v) is 14.0. The summed E-state index contributed by atoms with van der Waals surface area (Å²) < 4.78 is 48.8. The SMILES string of the molecule is CCN(Cc1ccc2c(c1)OCCO2)C(=O)c1ccc(C(F)(F)F)nc1. The minimum absolute atomic E-state index is 0.109. The van der Waals surface area contributed by atoms with Crippen molar-refractivity contribution in [1.82, 2.24) is 9.88 Å². The Hall–Kier alpha value is -2.77. The molecule has 1 aromatic carbocycles. The first-order valence-electron chi connectivity index (χ1n) is 8.09. The summed E-state index contributed by atoms with van der Waals surface area (Å²) in [5.74, 6) is 0.887. The largest absolute Gasteiger partial charge is 0.486 e. The van der Waals surface area contributed by atoms with Crippen molar-refractivity contribution in [3.63, 3.8) is 0 Å². The van der Waals surface area contributed by atoms with Crippen molar-refractivity contribution >= 4 is 5.91 Å². The fraction of sp³-hybridized carbons (Fsp3) is 0.333. The molecule has 0 fully saturated rings. The Labute approximate surface area is 148 Å². The first-order valence-corrected chi connectivity index (χ1v) is 8.09. The van der Waals surface area contributed by atoms with Gasteiger partial charge in [0.25, 0.3) is 5.91 Å². The number of carbonyl (C=O) groups excluding carboxylic acids is 1. The van der Waals surface area contributed by atoms with Crippen LogP contribution in [-0.2, 0) is 12.7 Å². The van der Waals surface area contributed by atoms with Gasteiger partial charge in [-0.05, 0) is 36.8 Å². The first kappa shape index (κ1) is 18.0. The summed E-state index contributed by atoms with van der Waals surface area (Å²) in [5.41, 5.74) is -0.0781. The van der Waals surface area contributed by atoms with Crippen molar-refractivity contribution in [3.05, 3.63) is 53.3 Å². The van der Waals surface area contributed by atoms with Gasteiger partial charge < -0.3 is 14.4 Å². The van der Waals surface area contributed by atoms with Crippen LogP contribution in [0.2, 0.25) is 0 Å². The molecule has 26 heavy (non-hydrogen) atoms. The maximum Gasteiger partial charge on any atom is 0.433 e. The summed E-state index contributed by atoms with van der Waals surface area (Å²) in [5, 5.41) is 0. The molecule has 2 aromatic rings. The number of halogens is 3. The van der Waals surface area contributed by atoms with Gasteiger partial charge in [0.1, 0.15) is 18.9 Å². The van der Waals surface area contributed by atoms with Gasteiger partial charge in [0, 0.05) is 19.3 Å². The summed E-state index contributed by atoms with van der Waals surface area (Å²) >= 11 is 0. The number of hydrogen-bond acceptors (Lipinski definition) is 4. The summed E-state index contributed by atoms with van der Waals surface area (Å²) in [4.78, 5) is 17.4. The molecule has 0 N–H and O–H groups in total. The van der Waals surface area contributed by atoms with Gasteiger partial charge in [0.05, 0.1) is 5.56 Å². The normalized spacial score (nSPS) is 13.4. The maximum atomic E-state index is 12.6. The Balaban J connectivity index is 1.75. The molecule has 0 aliphatic carbocycles. The van der Waals surface area contributed by atoms with Crippen LogP contribution in [0, 0.1) is 0 Å². The van der Waals surface area contributed by atoms with E-state index in [-0.39, 0.29) is 11.5 Å². The number of rotatable bonds is 4. The fourth-order valence-electron chi connectivity index (χ4n) is 2.60. The van der Waals surface area contributed by atoms with Crippen molar-refractivity contribution in [3.8, 4) is 11.5 Å². The van der Waals surface area contributed by atoms with E-state index in [4.69, 9.17) is 9.47 Å². The molecule has 0 spiro atoms. The lowest BCUT2D eigenvalue weighted by molar-refractivity contribution is -0.141. The van der Waals surface area contributed by atoms with E-state index in [1.807, 2.05) is 6.07 Å². The molecule has 0 bridgehead atoms. The van der Waals surface area contributed by atoms with Crippen LogP contribution in [0.4, 0.5) is 13.2 Å². The van der Waals surface area contributed by atoms with Gasteiger partial charge in [-0.2, -0.15) is 13.2 Å². The van der Waals surface area contributed by atoms with E-state index in [1.165, 1.54) is 4.90 Å². The predicted octanol–water partition coefficient (Wildman–Crippen LogP) is 3.53. The van der Waals surface area contributed by atoms with Gasteiger partial charge in [-0.1, -0.05) is 6.07 Å². The maximum absolute atomic E-state index is 12.6. The smallest absolute Gasteiger partial charge is 0.433 e. The second-order valence-corrected chi connectivity index (χ2v) is 5.73. The predicted molar refractivity (Wildman–Crippen MR) is 87.1 cm³/mol. The van der Waals surface area contributed by atoms with Gasteiger partial charge in [-0.15, -0.1) is 0 Å². The van der Waals surface area contributed by atoms with Gasteiger partial charge in [-0.25, -0.2) is 0 Å². The van der Waals surface area contributed by atoms with Crippen LogP contribution in [0.1, 0.15) is 28.5 Å². The van der Waals surface area contributed by atoms with Crippen molar-refractivity contribution in [2.45, 2.75) is 19.6 Å². The van der Waals surface area contributed by atoms with E-state index in [0.29, 0.717) is 37.8 Å². The summed E-state index contributed by atoms with van der Waals surface area (Å²) in [7, 11) is 0. The molecule has 5 nitrogen and oxygen atoms in total. The molecule has 1 amide bonds. The molecule has 8 heteroatoms. The van der Waals surface area contributed by atoms with E-state index in [0.717, 1.165) is 23.9 Å². The van der Waals surface area contributed by atoms with Crippen LogP contribution in [-0.4, -0.2) is 35.5 Å². The molecule has 2 heterocycles. The van der Waals surface area contributed by atoms with Gasteiger partial charge in [0.2, 0.25) is 0 Å². The Morgan fingerprint density at radius 2 is 1.88 bits per heavy atom. The van der Waals surface area contributed by atoms with E-state index >= 15 is 0 Å². The molecule has 0 saturated heterocycles. The number of ether oxygens (including phenoxy) is 2. The summed E-state index contributed by atoms with van der Waals surface area (Å²) in [6, 6.07) is 7.36. The molecule has 0 radical (unpaired) electrons. The Morgan fingerprint density at radius 1 is 1.15 bits per heavy atom. The molecule has 138 valence electrons. The Morgan fingerprint density at radius 3 is 2.50 bits per heavy atom. The average Bonchev–Trinajstić information content (AvgIpc) is 2.65. The quantitative estimate of drug-likeness (QED) is 0.831. The number of fused-ring (bicyclic) bond motifs is 1. The second kappa shape index (κ2) is 7.23. The highest BCUT2D eigenvalue weighted by Gasteiger charge is 2.32. The van der Waals surface area contributed by atoms with Crippen LogP contribution in [0.5, 0.6) is 11.5 Å². The third kappa shape index (κ3) is 3.89. The van der Waals surface area contributed by atoms with Crippen LogP contribution in [0.15, 0.2) is 36.5 Å². The minimum Gasteiger partial charge on any atom is -0.486 e. The standard InChI is InChI=1S/C18H17F3N2O3/c1-2-23(11-12-3-5-14-15(9-12)26-8-7-25-14)17(24)13-4-6-16(22-10-13)18(19,20)21/h3-6,9-10H,2,7-8,11H2,1H3. The Bertz CT molecular complexity index is 791. The number of carbonyl (C=O) groups is 1. The lowest BCUT2D eigenvalue weighted by atomic mass is 10.1. The third-order valence-corrected chi connectivity index (χ3v) is 3.95. The zero-order chi connectivity index (χ0) is 18.7. The highest BCUT2D eigenvalue weighted by Crippen LogP contribution is 2.31. The van der Waals surface area contributed by atoms with Crippen molar-refractivity contribution in [2.24, 2.45) is 0 Å². The number of hydrogen-bond donors (Lipinski definition) is 0. The fourth-order valence-corrected chi connectivity index (χ4v) is 2.60. The first-order chi connectivity index (χ1) is 12.4. The van der Waals surface area contributed by atoms with Crippen molar-refractivity contribution in [2.75, 3.05) is 19.8 Å². The third-order valence-electron chi connectivity index (χ3n) is 3.95. The number of pyridine rings is 1. The molecule has 0 saturated carbocycles. The highest BCUT2D eigenvalue weighted by molar-refractivity contribution is 5.93. The van der Waals surface area contributed by atoms with Crippen molar-refractivity contribution in [1.29, 1.82) is 0 Å². The van der Waals surface area contributed by atoms with Crippen molar-refractivity contribution < 1.29 is 27.4 Å². The number of nitrogens with zero attached hydrogens (tertiary/aromatic N) is 2. The highest BCUT2D eigenvalue weighted by atomic mass is 19.4. The summed E-state index contributed by atoms with van der Waals surface area (Å²) in [6.07, 6.45) is -3.57. The van der Waals surface area contributed by atoms with Gasteiger partial charge in [0.15, 0.2) is 11.5 Å². The molecule has 1 aliphatic rings. The van der Waals surface area contributed by atoms with Crippen LogP contribution < -0.4 is 9.47 Å². The lowest BCUT2D eigenvalue weighted by Crippen LogP contribution is -2.30. The molecular weight excluding hydrogens is 349 g/mol. The lowest BCUT2D eigenvalue weighted by Gasteiger charge is -2.23. The average molecular weight is 366 g/mol. The zero-order valence-electron chi connectivity index (χ0n) is 14.0. The van der Waals surface area contributed by atoms with Crippen LogP contribution in [0.25, 0.3) is 0 Å². The van der Waals surface area contributed by atoms with Crippen LogP contribution in [0.3, 0.4) is 0 Å². The molecular formula is C18H17F3N2O3. The van der Waals surface area contributed by atoms with Gasteiger partial charge in [-0.3, -0.25) is 9.78 Å². The molecule has 1 aliphatic heterocycles. The van der Waals surface area contributed by atoms with E-state index in [1.54, 1.807) is 19.1 Å². The topological polar surface area (TPSA) is 51.7 Å². The van der Waals surface area contributed by atoms with Crippen LogP contribution >= 0.6 is 0 Å². The monoisotopic (exact) mass is 366 g/mol. The Kier molecular flexibility index (Phi) is 5.01. The number of benzene rings is 1. The minimum atomic E-state index is -4.53. The number of alkyl halides is 3. The van der Waals surface area contributed by atoms with E-state index < -0.39 is 11.9 Å². The number of aromatic nitrogens is 1. The number of amides is 1. The molecule has 0 atom stereocenters.